The standard InChI is InChI=1S/C16H21N3O3/c1-18-14(21)13(6-3-9-20)19-15(22)16(7-8-16)11-4-2-5-12(17)10-11/h2,4-5,9-10,13H,3,6-8,17H2,1H3,(H,18,21)(H,19,22). The van der Waals surface area contributed by atoms with Crippen LogP contribution in [0.4, 0.5) is 5.69 Å². The van der Waals surface area contributed by atoms with Gasteiger partial charge in [0.25, 0.3) is 0 Å². The van der Waals surface area contributed by atoms with E-state index in [9.17, 15) is 14.4 Å². The van der Waals surface area contributed by atoms with Crippen LogP contribution < -0.4 is 16.4 Å². The lowest BCUT2D eigenvalue weighted by atomic mass is 9.94. The molecule has 0 heterocycles. The number of carbonyl (C=O) groups excluding carboxylic acids is 3. The second-order valence-corrected chi connectivity index (χ2v) is 5.59. The maximum Gasteiger partial charge on any atom is 0.242 e. The maximum absolute atomic E-state index is 12.6. The largest absolute Gasteiger partial charge is 0.399 e. The number of aldehydes is 1. The van der Waals surface area contributed by atoms with Crippen LogP contribution in [0.1, 0.15) is 31.2 Å². The third-order valence-electron chi connectivity index (χ3n) is 4.07. The molecule has 22 heavy (non-hydrogen) atoms. The summed E-state index contributed by atoms with van der Waals surface area (Å²) >= 11 is 0. The summed E-state index contributed by atoms with van der Waals surface area (Å²) in [6.45, 7) is 0. The summed E-state index contributed by atoms with van der Waals surface area (Å²) in [5.41, 5.74) is 6.67. The lowest BCUT2D eigenvalue weighted by Gasteiger charge is -2.21. The molecule has 1 saturated carbocycles. The van der Waals surface area contributed by atoms with E-state index >= 15 is 0 Å². The molecule has 1 aromatic rings. The minimum absolute atomic E-state index is 0.183. The Hall–Kier alpha value is -2.37. The van der Waals surface area contributed by atoms with Gasteiger partial charge in [0.2, 0.25) is 11.8 Å². The molecule has 0 aliphatic heterocycles. The molecule has 1 aliphatic rings. The molecule has 0 aromatic heterocycles. The van der Waals surface area contributed by atoms with E-state index in [1.54, 1.807) is 12.1 Å². The number of anilines is 1. The highest BCUT2D eigenvalue weighted by Crippen LogP contribution is 2.48. The highest BCUT2D eigenvalue weighted by molar-refractivity contribution is 5.95. The summed E-state index contributed by atoms with van der Waals surface area (Å²) in [5.74, 6) is -0.476. The molecule has 0 spiro atoms. The maximum atomic E-state index is 12.6. The van der Waals surface area contributed by atoms with Crippen LogP contribution in [0.25, 0.3) is 0 Å². The number of likely N-dealkylation sites (N-methyl/N-ethyl adjacent to an activating group) is 1. The Morgan fingerprint density at radius 3 is 2.68 bits per heavy atom. The van der Waals surface area contributed by atoms with Crippen molar-refractivity contribution in [2.24, 2.45) is 0 Å². The van der Waals surface area contributed by atoms with E-state index in [0.29, 0.717) is 12.1 Å². The smallest absolute Gasteiger partial charge is 0.242 e. The van der Waals surface area contributed by atoms with Gasteiger partial charge in [-0.05, 0) is 37.0 Å². The van der Waals surface area contributed by atoms with Crippen LogP contribution in [0, 0.1) is 0 Å². The minimum atomic E-state index is -0.693. The van der Waals surface area contributed by atoms with Crippen molar-refractivity contribution >= 4 is 23.8 Å². The van der Waals surface area contributed by atoms with Gasteiger partial charge in [-0.3, -0.25) is 9.59 Å². The molecule has 6 heteroatoms. The molecule has 0 bridgehead atoms. The Morgan fingerprint density at radius 2 is 2.14 bits per heavy atom. The van der Waals surface area contributed by atoms with E-state index in [4.69, 9.17) is 5.73 Å². The first-order chi connectivity index (χ1) is 10.5. The fourth-order valence-corrected chi connectivity index (χ4v) is 2.58. The Bertz CT molecular complexity index is 582. The zero-order chi connectivity index (χ0) is 16.2. The zero-order valence-corrected chi connectivity index (χ0v) is 12.6. The monoisotopic (exact) mass is 303 g/mol. The first kappa shape index (κ1) is 16.0. The van der Waals surface area contributed by atoms with E-state index in [2.05, 4.69) is 10.6 Å². The third-order valence-corrected chi connectivity index (χ3v) is 4.07. The summed E-state index contributed by atoms with van der Waals surface area (Å²) in [6.07, 6.45) is 2.73. The van der Waals surface area contributed by atoms with Gasteiger partial charge in [0.1, 0.15) is 12.3 Å². The molecule has 1 unspecified atom stereocenters. The van der Waals surface area contributed by atoms with Crippen molar-refractivity contribution in [3.05, 3.63) is 29.8 Å². The topological polar surface area (TPSA) is 101 Å². The Labute approximate surface area is 129 Å². The van der Waals surface area contributed by atoms with Crippen LogP contribution >= 0.6 is 0 Å². The Morgan fingerprint density at radius 1 is 1.41 bits per heavy atom. The number of benzene rings is 1. The van der Waals surface area contributed by atoms with Crippen LogP contribution in [0.15, 0.2) is 24.3 Å². The summed E-state index contributed by atoms with van der Waals surface area (Å²) < 4.78 is 0. The normalized spacial score (nSPS) is 16.4. The number of hydrogen-bond acceptors (Lipinski definition) is 4. The molecular weight excluding hydrogens is 282 g/mol. The van der Waals surface area contributed by atoms with Crippen LogP contribution in [0.3, 0.4) is 0 Å². The lowest BCUT2D eigenvalue weighted by Crippen LogP contribution is -2.49. The van der Waals surface area contributed by atoms with Gasteiger partial charge in [0.15, 0.2) is 0 Å². The SMILES string of the molecule is CNC(=O)C(CCC=O)NC(=O)C1(c2cccc(N)c2)CC1. The minimum Gasteiger partial charge on any atom is -0.399 e. The van der Waals surface area contributed by atoms with Crippen molar-refractivity contribution < 1.29 is 14.4 Å². The number of nitrogen functional groups attached to an aromatic ring is 1. The van der Waals surface area contributed by atoms with Gasteiger partial charge in [-0.15, -0.1) is 0 Å². The van der Waals surface area contributed by atoms with Gasteiger partial charge in [-0.2, -0.15) is 0 Å². The van der Waals surface area contributed by atoms with E-state index in [0.717, 1.165) is 24.7 Å². The van der Waals surface area contributed by atoms with Crippen molar-refractivity contribution in [1.82, 2.24) is 10.6 Å². The molecule has 1 aliphatic carbocycles. The van der Waals surface area contributed by atoms with E-state index in [1.807, 2.05) is 12.1 Å². The number of nitrogens with two attached hydrogens (primary N) is 1. The quantitative estimate of drug-likeness (QED) is 0.504. The van der Waals surface area contributed by atoms with Gasteiger partial charge in [-0.1, -0.05) is 12.1 Å². The van der Waals surface area contributed by atoms with Crippen molar-refractivity contribution in [1.29, 1.82) is 0 Å². The predicted molar refractivity (Wildman–Crippen MR) is 83.1 cm³/mol. The van der Waals surface area contributed by atoms with Gasteiger partial charge in [0.05, 0.1) is 5.41 Å². The number of amides is 2. The van der Waals surface area contributed by atoms with Crippen LogP contribution in [0.5, 0.6) is 0 Å². The molecule has 6 nitrogen and oxygen atoms in total. The number of hydrogen-bond donors (Lipinski definition) is 3. The predicted octanol–water partition coefficient (Wildman–Crippen LogP) is 0.510. The fourth-order valence-electron chi connectivity index (χ4n) is 2.58. The first-order valence-corrected chi connectivity index (χ1v) is 7.35. The van der Waals surface area contributed by atoms with Crippen LogP contribution in [-0.4, -0.2) is 31.2 Å². The van der Waals surface area contributed by atoms with Crippen molar-refractivity contribution in [2.45, 2.75) is 37.1 Å². The first-order valence-electron chi connectivity index (χ1n) is 7.35. The van der Waals surface area contributed by atoms with Crippen molar-refractivity contribution in [2.75, 3.05) is 12.8 Å². The third kappa shape index (κ3) is 3.27. The van der Waals surface area contributed by atoms with E-state index in [1.165, 1.54) is 7.05 Å². The van der Waals surface area contributed by atoms with Gasteiger partial charge < -0.3 is 21.2 Å². The number of nitrogens with one attached hydrogen (secondary N) is 2. The Balaban J connectivity index is 2.12. The average molecular weight is 303 g/mol. The molecule has 2 rings (SSSR count). The summed E-state index contributed by atoms with van der Waals surface area (Å²) in [5, 5.41) is 5.28. The van der Waals surface area contributed by atoms with E-state index in [-0.39, 0.29) is 18.2 Å². The van der Waals surface area contributed by atoms with Crippen LogP contribution in [-0.2, 0) is 19.8 Å². The summed E-state index contributed by atoms with van der Waals surface area (Å²) in [7, 11) is 1.51. The molecule has 0 saturated heterocycles. The van der Waals surface area contributed by atoms with Crippen LogP contribution in [0.2, 0.25) is 0 Å². The van der Waals surface area contributed by atoms with Crippen molar-refractivity contribution in [3.63, 3.8) is 0 Å². The highest BCUT2D eigenvalue weighted by atomic mass is 16.2. The highest BCUT2D eigenvalue weighted by Gasteiger charge is 2.51. The Kier molecular flexibility index (Phi) is 4.80. The molecule has 1 aromatic carbocycles. The summed E-state index contributed by atoms with van der Waals surface area (Å²) in [4.78, 5) is 35.0. The second-order valence-electron chi connectivity index (χ2n) is 5.59. The zero-order valence-electron chi connectivity index (χ0n) is 12.6. The van der Waals surface area contributed by atoms with Crippen molar-refractivity contribution in [3.8, 4) is 0 Å². The molecule has 1 atom stereocenters. The molecular formula is C16H21N3O3. The number of carbonyl (C=O) groups is 3. The average Bonchev–Trinajstić information content (AvgIpc) is 3.32. The van der Waals surface area contributed by atoms with Gasteiger partial charge >= 0.3 is 0 Å². The van der Waals surface area contributed by atoms with Gasteiger partial charge in [-0.25, -0.2) is 0 Å². The van der Waals surface area contributed by atoms with E-state index < -0.39 is 11.5 Å². The molecule has 4 N–H and O–H groups in total. The fraction of sp³-hybridized carbons (Fsp3) is 0.438. The lowest BCUT2D eigenvalue weighted by molar-refractivity contribution is -0.130. The molecule has 2 amide bonds. The van der Waals surface area contributed by atoms with Gasteiger partial charge in [0, 0.05) is 19.2 Å². The second kappa shape index (κ2) is 6.60. The molecule has 118 valence electrons. The number of rotatable bonds is 7. The molecule has 1 fully saturated rings. The summed E-state index contributed by atoms with van der Waals surface area (Å²) in [6, 6.07) is 6.58. The molecule has 0 radical (unpaired) electrons.